The third kappa shape index (κ3) is 4.07. The summed E-state index contributed by atoms with van der Waals surface area (Å²) in [5.74, 6) is 2.69. The molecular weight excluding hydrogens is 510 g/mol. The van der Waals surface area contributed by atoms with Gasteiger partial charge >= 0.3 is 5.97 Å². The number of carbonyl (C=O) groups excluding carboxylic acids is 1. The number of hydrogen-bond acceptors (Lipinski definition) is 2. The molecule has 0 bridgehead atoms. The van der Waals surface area contributed by atoms with Crippen LogP contribution in [0.3, 0.4) is 0 Å². The van der Waals surface area contributed by atoms with Gasteiger partial charge in [0, 0.05) is 83.2 Å². The van der Waals surface area contributed by atoms with E-state index in [1.807, 2.05) is 0 Å². The fraction of sp³-hybridized carbons (Fsp3) is 0.640. The standard InChI is InChI=1S/C23H30O2.C2H4.2Y/c1-14-6-9-22(3)16(12-14)13-15(2)21-17-7-10-23(11-8-20(24)25-23)18(17)4-5-19(21)22;1-2;;/h5,12,15,17-18,21H,1,4,6-11,13H2,2-3H3;1-2H2;;/t15-,17?,18?,21?,22+,23?;;;/m1.../s1. The van der Waals surface area contributed by atoms with Crippen molar-refractivity contribution in [2.24, 2.45) is 29.1 Å². The second-order valence-electron chi connectivity index (χ2n) is 9.61. The monoisotopic (exact) mass is 544 g/mol. The van der Waals surface area contributed by atoms with Crippen LogP contribution in [0.2, 0.25) is 0 Å². The minimum absolute atomic E-state index is 0. The molecule has 1 spiro atoms. The molecule has 2 nitrogen and oxygen atoms in total. The van der Waals surface area contributed by atoms with Gasteiger partial charge in [0.25, 0.3) is 0 Å². The topological polar surface area (TPSA) is 26.3 Å². The Balaban J connectivity index is 0.000000729. The second kappa shape index (κ2) is 9.64. The van der Waals surface area contributed by atoms with Crippen LogP contribution >= 0.6 is 0 Å². The van der Waals surface area contributed by atoms with Crippen molar-refractivity contribution in [2.75, 3.05) is 0 Å². The fourth-order valence-electron chi connectivity index (χ4n) is 7.17. The molecule has 4 heteroatoms. The molecule has 0 aromatic heterocycles. The van der Waals surface area contributed by atoms with E-state index in [2.05, 4.69) is 45.7 Å². The van der Waals surface area contributed by atoms with Gasteiger partial charge in [0.15, 0.2) is 0 Å². The molecule has 29 heavy (non-hydrogen) atoms. The van der Waals surface area contributed by atoms with E-state index in [1.54, 1.807) is 11.1 Å². The van der Waals surface area contributed by atoms with Gasteiger partial charge in [-0.05, 0) is 62.7 Å². The van der Waals surface area contributed by atoms with Gasteiger partial charge < -0.3 is 4.74 Å². The van der Waals surface area contributed by atoms with Crippen LogP contribution in [0.15, 0.2) is 48.6 Å². The summed E-state index contributed by atoms with van der Waals surface area (Å²) < 4.78 is 5.95. The second-order valence-corrected chi connectivity index (χ2v) is 9.61. The summed E-state index contributed by atoms with van der Waals surface area (Å²) in [7, 11) is 0. The number of fused-ring (bicyclic) bond motifs is 6. The number of carbonyl (C=O) groups is 1. The minimum Gasteiger partial charge on any atom is -0.459 e. The molecule has 152 valence electrons. The molecule has 1 heterocycles. The van der Waals surface area contributed by atoms with Crippen molar-refractivity contribution in [3.8, 4) is 0 Å². The van der Waals surface area contributed by atoms with Gasteiger partial charge in [0.05, 0.1) is 0 Å². The van der Waals surface area contributed by atoms with Crippen LogP contribution in [-0.4, -0.2) is 11.6 Å². The summed E-state index contributed by atoms with van der Waals surface area (Å²) in [5, 5.41) is 0. The number of ether oxygens (including phenoxy) is 1. The van der Waals surface area contributed by atoms with Crippen molar-refractivity contribution in [3.05, 3.63) is 48.6 Å². The predicted molar refractivity (Wildman–Crippen MR) is 110 cm³/mol. The fourth-order valence-corrected chi connectivity index (χ4v) is 7.17. The molecule has 5 aliphatic rings. The summed E-state index contributed by atoms with van der Waals surface area (Å²) in [4.78, 5) is 11.8. The number of esters is 1. The van der Waals surface area contributed by atoms with Crippen molar-refractivity contribution in [1.29, 1.82) is 0 Å². The van der Waals surface area contributed by atoms with E-state index in [0.29, 0.717) is 30.1 Å². The third-order valence-electron chi connectivity index (χ3n) is 8.40. The first-order valence-corrected chi connectivity index (χ1v) is 10.7. The first-order valence-electron chi connectivity index (χ1n) is 10.7. The maximum Gasteiger partial charge on any atom is 0.306 e. The molecule has 5 rings (SSSR count). The molecule has 2 radical (unpaired) electrons. The first kappa shape index (κ1) is 25.9. The molecule has 0 amide bonds. The summed E-state index contributed by atoms with van der Waals surface area (Å²) in [6.45, 7) is 15.2. The summed E-state index contributed by atoms with van der Waals surface area (Å²) in [6, 6.07) is 0. The largest absolute Gasteiger partial charge is 0.459 e. The maximum atomic E-state index is 11.8. The van der Waals surface area contributed by atoms with E-state index in [1.165, 1.54) is 24.8 Å². The normalized spacial score (nSPS) is 41.9. The van der Waals surface area contributed by atoms with Gasteiger partial charge in [0.2, 0.25) is 0 Å². The Morgan fingerprint density at radius 3 is 2.52 bits per heavy atom. The average Bonchev–Trinajstić information content (AvgIpc) is 3.22. The van der Waals surface area contributed by atoms with Crippen LogP contribution < -0.4 is 0 Å². The quantitative estimate of drug-likeness (QED) is 0.270. The Bertz CT molecular complexity index is 739. The molecule has 0 N–H and O–H groups in total. The number of allylic oxidation sites excluding steroid dienone is 5. The van der Waals surface area contributed by atoms with Gasteiger partial charge in [-0.1, -0.05) is 49.3 Å². The van der Waals surface area contributed by atoms with Crippen molar-refractivity contribution in [1.82, 2.24) is 0 Å². The Morgan fingerprint density at radius 1 is 1.14 bits per heavy atom. The van der Waals surface area contributed by atoms with Gasteiger partial charge in [-0.15, -0.1) is 13.2 Å². The summed E-state index contributed by atoms with van der Waals surface area (Å²) in [6.07, 6.45) is 13.6. The van der Waals surface area contributed by atoms with Crippen molar-refractivity contribution in [3.63, 3.8) is 0 Å². The molecule has 3 fully saturated rings. The molecular formula is C25H34O2Y2. The van der Waals surface area contributed by atoms with Gasteiger partial charge in [-0.2, -0.15) is 0 Å². The van der Waals surface area contributed by atoms with E-state index < -0.39 is 0 Å². The van der Waals surface area contributed by atoms with Gasteiger partial charge in [-0.25, -0.2) is 0 Å². The summed E-state index contributed by atoms with van der Waals surface area (Å²) in [5.41, 5.74) is 4.78. The zero-order valence-corrected chi connectivity index (χ0v) is 23.9. The Kier molecular flexibility index (Phi) is 8.61. The average molecular weight is 544 g/mol. The van der Waals surface area contributed by atoms with Crippen LogP contribution in [0.5, 0.6) is 0 Å². The minimum atomic E-state index is -0.124. The molecule has 2 saturated carbocycles. The summed E-state index contributed by atoms with van der Waals surface area (Å²) >= 11 is 0. The molecule has 6 atom stereocenters. The van der Waals surface area contributed by atoms with Crippen molar-refractivity contribution >= 4 is 5.97 Å². The molecule has 1 saturated heterocycles. The van der Waals surface area contributed by atoms with E-state index in [4.69, 9.17) is 4.74 Å². The van der Waals surface area contributed by atoms with Crippen molar-refractivity contribution < 1.29 is 74.9 Å². The van der Waals surface area contributed by atoms with E-state index in [9.17, 15) is 4.79 Å². The smallest absolute Gasteiger partial charge is 0.306 e. The van der Waals surface area contributed by atoms with E-state index >= 15 is 0 Å². The zero-order chi connectivity index (χ0) is 19.4. The molecule has 4 unspecified atom stereocenters. The molecule has 1 aliphatic heterocycles. The Morgan fingerprint density at radius 2 is 1.86 bits per heavy atom. The van der Waals surface area contributed by atoms with Gasteiger partial charge in [0.1, 0.15) is 5.60 Å². The molecule has 0 aromatic rings. The van der Waals surface area contributed by atoms with Crippen LogP contribution in [0.25, 0.3) is 0 Å². The van der Waals surface area contributed by atoms with Crippen LogP contribution in [0.1, 0.15) is 65.2 Å². The Hall–Kier alpha value is 0.638. The SMILES string of the molecule is C=C.C=C1C=C2C[C@@H](C)C3C(=CCC4C3CCC43CCC(=O)O3)[C@@]2(C)CC1.[Y].[Y]. The van der Waals surface area contributed by atoms with Crippen molar-refractivity contribution in [2.45, 2.75) is 70.8 Å². The van der Waals surface area contributed by atoms with Crippen LogP contribution in [0, 0.1) is 29.1 Å². The Labute approximate surface area is 227 Å². The van der Waals surface area contributed by atoms with Crippen LogP contribution in [-0.2, 0) is 74.9 Å². The molecule has 4 aliphatic carbocycles. The predicted octanol–water partition coefficient (Wildman–Crippen LogP) is 6.15. The van der Waals surface area contributed by atoms with E-state index in [-0.39, 0.29) is 82.4 Å². The number of hydrogen-bond donors (Lipinski definition) is 0. The molecule has 0 aromatic carbocycles. The number of rotatable bonds is 0. The first-order chi connectivity index (χ1) is 12.9. The van der Waals surface area contributed by atoms with Gasteiger partial charge in [-0.3, -0.25) is 4.79 Å². The van der Waals surface area contributed by atoms with E-state index in [0.717, 1.165) is 25.7 Å². The maximum absolute atomic E-state index is 11.8. The third-order valence-corrected chi connectivity index (χ3v) is 8.40. The zero-order valence-electron chi connectivity index (χ0n) is 18.2. The van der Waals surface area contributed by atoms with Crippen LogP contribution in [0.4, 0.5) is 0 Å².